The lowest BCUT2D eigenvalue weighted by Crippen LogP contribution is -2.10. The van der Waals surface area contributed by atoms with Crippen molar-refractivity contribution in [2.45, 2.75) is 26.0 Å². The van der Waals surface area contributed by atoms with E-state index in [-0.39, 0.29) is 0 Å². The molecule has 96 valence electrons. The predicted molar refractivity (Wildman–Crippen MR) is 73.5 cm³/mol. The van der Waals surface area contributed by atoms with Gasteiger partial charge in [-0.3, -0.25) is 4.68 Å². The Morgan fingerprint density at radius 2 is 2.22 bits per heavy atom. The van der Waals surface area contributed by atoms with Crippen LogP contribution in [0.3, 0.4) is 0 Å². The van der Waals surface area contributed by atoms with Gasteiger partial charge in [0.2, 0.25) is 0 Å². The van der Waals surface area contributed by atoms with Crippen molar-refractivity contribution < 1.29 is 5.11 Å². The largest absolute Gasteiger partial charge is 0.382 e. The van der Waals surface area contributed by atoms with Gasteiger partial charge in [0, 0.05) is 18.3 Å². The molecule has 2 aromatic heterocycles. The van der Waals surface area contributed by atoms with Gasteiger partial charge in [0.05, 0.1) is 16.4 Å². The van der Waals surface area contributed by atoms with E-state index in [0.717, 1.165) is 23.1 Å². The highest BCUT2D eigenvalue weighted by Crippen LogP contribution is 2.28. The molecule has 0 aliphatic heterocycles. The number of aliphatic hydroxyl groups is 1. The molecule has 2 aromatic rings. The highest BCUT2D eigenvalue weighted by Gasteiger charge is 2.19. The lowest BCUT2D eigenvalue weighted by atomic mass is 10.1. The van der Waals surface area contributed by atoms with Crippen molar-refractivity contribution in [3.63, 3.8) is 0 Å². The highest BCUT2D eigenvalue weighted by atomic mass is 79.9. The Morgan fingerprint density at radius 3 is 2.83 bits per heavy atom. The van der Waals surface area contributed by atoms with Crippen LogP contribution in [0.1, 0.15) is 30.7 Å². The SMILES string of the molecule is CCCn1ncc(Br)c1C(O)c1ccc(Cl)nc1. The first-order chi connectivity index (χ1) is 8.63. The van der Waals surface area contributed by atoms with E-state index in [0.29, 0.717) is 10.7 Å². The average molecular weight is 331 g/mol. The van der Waals surface area contributed by atoms with Crippen LogP contribution in [0.2, 0.25) is 5.15 Å². The van der Waals surface area contributed by atoms with Crippen molar-refractivity contribution in [2.75, 3.05) is 0 Å². The summed E-state index contributed by atoms with van der Waals surface area (Å²) in [6, 6.07) is 3.42. The summed E-state index contributed by atoms with van der Waals surface area (Å²) in [5.41, 5.74) is 1.43. The Morgan fingerprint density at radius 1 is 1.44 bits per heavy atom. The third-order valence-electron chi connectivity index (χ3n) is 2.59. The molecular formula is C12H13BrClN3O. The van der Waals surface area contributed by atoms with Crippen LogP contribution in [0, 0.1) is 0 Å². The van der Waals surface area contributed by atoms with Crippen molar-refractivity contribution in [1.82, 2.24) is 14.8 Å². The van der Waals surface area contributed by atoms with Crippen LogP contribution in [0.15, 0.2) is 29.0 Å². The van der Waals surface area contributed by atoms with Gasteiger partial charge in [-0.15, -0.1) is 0 Å². The van der Waals surface area contributed by atoms with E-state index in [1.54, 1.807) is 29.2 Å². The lowest BCUT2D eigenvalue weighted by molar-refractivity contribution is 0.206. The minimum Gasteiger partial charge on any atom is -0.382 e. The van der Waals surface area contributed by atoms with Crippen LogP contribution >= 0.6 is 27.5 Å². The molecule has 0 fully saturated rings. The average Bonchev–Trinajstić information content (AvgIpc) is 2.71. The van der Waals surface area contributed by atoms with E-state index in [1.165, 1.54) is 0 Å². The van der Waals surface area contributed by atoms with E-state index in [9.17, 15) is 5.11 Å². The number of nitrogens with zero attached hydrogens (tertiary/aromatic N) is 3. The van der Waals surface area contributed by atoms with Crippen molar-refractivity contribution in [1.29, 1.82) is 0 Å². The number of hydrogen-bond donors (Lipinski definition) is 1. The second-order valence-electron chi connectivity index (χ2n) is 3.92. The summed E-state index contributed by atoms with van der Waals surface area (Å²) in [6.45, 7) is 2.83. The topological polar surface area (TPSA) is 50.9 Å². The third kappa shape index (κ3) is 2.74. The minimum atomic E-state index is -0.766. The molecule has 0 bridgehead atoms. The summed E-state index contributed by atoms with van der Waals surface area (Å²) in [5.74, 6) is 0. The molecule has 4 nitrogen and oxygen atoms in total. The minimum absolute atomic E-state index is 0.409. The lowest BCUT2D eigenvalue weighted by Gasteiger charge is -2.14. The summed E-state index contributed by atoms with van der Waals surface area (Å²) in [4.78, 5) is 3.98. The van der Waals surface area contributed by atoms with Crippen LogP contribution in [-0.4, -0.2) is 19.9 Å². The first-order valence-electron chi connectivity index (χ1n) is 5.64. The molecule has 1 unspecified atom stereocenters. The van der Waals surface area contributed by atoms with E-state index >= 15 is 0 Å². The molecule has 0 radical (unpaired) electrons. The molecule has 0 aliphatic carbocycles. The Kier molecular flexibility index (Phi) is 4.37. The fraction of sp³-hybridized carbons (Fsp3) is 0.333. The summed E-state index contributed by atoms with van der Waals surface area (Å²) in [7, 11) is 0. The molecule has 0 aliphatic rings. The molecule has 6 heteroatoms. The summed E-state index contributed by atoms with van der Waals surface area (Å²) >= 11 is 9.14. The second kappa shape index (κ2) is 5.82. The van der Waals surface area contributed by atoms with Crippen LogP contribution in [0.4, 0.5) is 0 Å². The first kappa shape index (κ1) is 13.5. The maximum absolute atomic E-state index is 10.4. The van der Waals surface area contributed by atoms with Gasteiger partial charge < -0.3 is 5.11 Å². The van der Waals surface area contributed by atoms with Crippen LogP contribution in [-0.2, 0) is 6.54 Å². The molecule has 0 amide bonds. The predicted octanol–water partition coefficient (Wildman–Crippen LogP) is 3.19. The van der Waals surface area contributed by atoms with Crippen molar-refractivity contribution in [2.24, 2.45) is 0 Å². The molecule has 0 saturated carbocycles. The fourth-order valence-corrected chi connectivity index (χ4v) is 2.37. The van der Waals surface area contributed by atoms with E-state index in [1.807, 2.05) is 0 Å². The second-order valence-corrected chi connectivity index (χ2v) is 5.16. The van der Waals surface area contributed by atoms with E-state index in [2.05, 4.69) is 32.9 Å². The van der Waals surface area contributed by atoms with Gasteiger partial charge in [-0.25, -0.2) is 4.98 Å². The molecule has 2 rings (SSSR count). The zero-order valence-corrected chi connectivity index (χ0v) is 12.2. The zero-order valence-electron chi connectivity index (χ0n) is 9.85. The molecule has 1 atom stereocenters. The smallest absolute Gasteiger partial charge is 0.129 e. The van der Waals surface area contributed by atoms with Gasteiger partial charge in [-0.2, -0.15) is 5.10 Å². The molecule has 2 heterocycles. The van der Waals surface area contributed by atoms with Crippen molar-refractivity contribution in [3.05, 3.63) is 45.4 Å². The summed E-state index contributed by atoms with van der Waals surface area (Å²) in [6.07, 6.45) is 3.45. The van der Waals surface area contributed by atoms with Crippen LogP contribution in [0.5, 0.6) is 0 Å². The van der Waals surface area contributed by atoms with E-state index < -0.39 is 6.10 Å². The Labute approximate surface area is 119 Å². The van der Waals surface area contributed by atoms with Crippen molar-refractivity contribution >= 4 is 27.5 Å². The van der Waals surface area contributed by atoms with Gasteiger partial charge in [0.1, 0.15) is 11.3 Å². The molecule has 0 spiro atoms. The maximum Gasteiger partial charge on any atom is 0.129 e. The van der Waals surface area contributed by atoms with Gasteiger partial charge in [0.15, 0.2) is 0 Å². The van der Waals surface area contributed by atoms with Gasteiger partial charge in [-0.1, -0.05) is 24.6 Å². The van der Waals surface area contributed by atoms with Crippen LogP contribution in [0.25, 0.3) is 0 Å². The fourth-order valence-electron chi connectivity index (χ4n) is 1.74. The van der Waals surface area contributed by atoms with Crippen molar-refractivity contribution in [3.8, 4) is 0 Å². The third-order valence-corrected chi connectivity index (χ3v) is 3.43. The normalized spacial score (nSPS) is 12.7. The van der Waals surface area contributed by atoms with Gasteiger partial charge in [-0.05, 0) is 28.4 Å². The maximum atomic E-state index is 10.4. The zero-order chi connectivity index (χ0) is 13.1. The monoisotopic (exact) mass is 329 g/mol. The Hall–Kier alpha value is -0.910. The highest BCUT2D eigenvalue weighted by molar-refractivity contribution is 9.10. The molecular weight excluding hydrogens is 318 g/mol. The molecule has 0 aromatic carbocycles. The number of hydrogen-bond acceptors (Lipinski definition) is 3. The first-order valence-corrected chi connectivity index (χ1v) is 6.81. The number of rotatable bonds is 4. The number of pyridine rings is 1. The molecule has 1 N–H and O–H groups in total. The Balaban J connectivity index is 2.35. The van der Waals surface area contributed by atoms with Gasteiger partial charge >= 0.3 is 0 Å². The number of aryl methyl sites for hydroxylation is 1. The number of aliphatic hydroxyl groups excluding tert-OH is 1. The Bertz CT molecular complexity index is 527. The van der Waals surface area contributed by atoms with Crippen LogP contribution < -0.4 is 0 Å². The van der Waals surface area contributed by atoms with Gasteiger partial charge in [0.25, 0.3) is 0 Å². The molecule has 0 saturated heterocycles. The van der Waals surface area contributed by atoms with E-state index in [4.69, 9.17) is 11.6 Å². The number of halogens is 2. The number of aromatic nitrogens is 3. The quantitative estimate of drug-likeness (QED) is 0.876. The molecule has 18 heavy (non-hydrogen) atoms. The standard InChI is InChI=1S/C12H13BrClN3O/c1-2-5-17-11(9(13)7-16-17)12(18)8-3-4-10(14)15-6-8/h3-4,6-7,12,18H,2,5H2,1H3. The summed E-state index contributed by atoms with van der Waals surface area (Å²) < 4.78 is 2.59. The summed E-state index contributed by atoms with van der Waals surface area (Å²) in [5, 5.41) is 15.0.